The number of non-ortho nitro benzene ring substituents is 1. The molecule has 3 rings (SSSR count). The van der Waals surface area contributed by atoms with Crippen molar-refractivity contribution in [1.82, 2.24) is 9.78 Å². The van der Waals surface area contributed by atoms with Crippen LogP contribution in [-0.4, -0.2) is 14.7 Å². The Morgan fingerprint density at radius 2 is 1.82 bits per heavy atom. The van der Waals surface area contributed by atoms with Gasteiger partial charge in [0.25, 0.3) is 5.69 Å². The van der Waals surface area contributed by atoms with Crippen LogP contribution < -0.4 is 4.80 Å². The fraction of sp³-hybridized carbons (Fsp3) is 0.0667. The Balaban J connectivity index is 1.98. The van der Waals surface area contributed by atoms with E-state index >= 15 is 0 Å². The maximum absolute atomic E-state index is 10.7. The van der Waals surface area contributed by atoms with E-state index in [9.17, 15) is 10.1 Å². The molecule has 0 spiro atoms. The lowest BCUT2D eigenvalue weighted by Crippen LogP contribution is -2.10. The van der Waals surface area contributed by atoms with Crippen LogP contribution in [0, 0.1) is 10.1 Å². The Labute approximate surface area is 130 Å². The molecule has 0 amide bonds. The maximum Gasteiger partial charge on any atom is 0.269 e. The van der Waals surface area contributed by atoms with E-state index in [0.29, 0.717) is 0 Å². The summed E-state index contributed by atoms with van der Waals surface area (Å²) in [6.07, 6.45) is 0. The number of para-hydroxylation sites is 1. The Morgan fingerprint density at radius 3 is 2.45 bits per heavy atom. The fourth-order valence-electron chi connectivity index (χ4n) is 1.90. The first-order valence-electron chi connectivity index (χ1n) is 6.52. The zero-order valence-corrected chi connectivity index (χ0v) is 12.5. The number of aromatic nitrogens is 2. The van der Waals surface area contributed by atoms with E-state index in [-0.39, 0.29) is 5.69 Å². The highest BCUT2D eigenvalue weighted by Gasteiger charge is 2.08. The van der Waals surface area contributed by atoms with Gasteiger partial charge in [0.15, 0.2) is 0 Å². The Bertz CT molecular complexity index is 867. The summed E-state index contributed by atoms with van der Waals surface area (Å²) >= 11 is 1.44. The third-order valence-corrected chi connectivity index (χ3v) is 4.06. The van der Waals surface area contributed by atoms with Crippen LogP contribution in [0.15, 0.2) is 59.6 Å². The number of nitrogens with zero attached hydrogens (tertiary/aromatic N) is 4. The van der Waals surface area contributed by atoms with Gasteiger partial charge in [-0.2, -0.15) is 5.10 Å². The molecule has 0 aliphatic carbocycles. The predicted molar refractivity (Wildman–Crippen MR) is 84.8 cm³/mol. The molecule has 0 radical (unpaired) electrons. The minimum Gasteiger partial charge on any atom is -0.258 e. The van der Waals surface area contributed by atoms with Crippen molar-refractivity contribution in [3.05, 3.63) is 69.5 Å². The van der Waals surface area contributed by atoms with Crippen LogP contribution >= 0.6 is 11.3 Å². The second-order valence-electron chi connectivity index (χ2n) is 4.56. The van der Waals surface area contributed by atoms with Gasteiger partial charge >= 0.3 is 0 Å². The molecule has 0 bridgehead atoms. The molecule has 0 fully saturated rings. The number of aryl methyl sites for hydroxylation is 1. The van der Waals surface area contributed by atoms with Crippen molar-refractivity contribution in [2.24, 2.45) is 12.0 Å². The Kier molecular flexibility index (Phi) is 3.80. The van der Waals surface area contributed by atoms with Gasteiger partial charge in [-0.25, -0.2) is 9.67 Å². The molecular formula is C15H12N4O2S. The van der Waals surface area contributed by atoms with Crippen molar-refractivity contribution >= 4 is 22.7 Å². The second-order valence-corrected chi connectivity index (χ2v) is 5.52. The van der Waals surface area contributed by atoms with Crippen LogP contribution in [0.4, 0.5) is 11.4 Å². The number of hydrogen-bond acceptors (Lipinski definition) is 5. The molecular weight excluding hydrogens is 300 g/mol. The molecule has 0 atom stereocenters. The van der Waals surface area contributed by atoms with Crippen molar-refractivity contribution in [2.75, 3.05) is 0 Å². The first kappa shape index (κ1) is 14.2. The summed E-state index contributed by atoms with van der Waals surface area (Å²) in [6, 6.07) is 16.0. The highest BCUT2D eigenvalue weighted by Crippen LogP contribution is 2.22. The van der Waals surface area contributed by atoms with Gasteiger partial charge in [-0.05, 0) is 24.3 Å². The average molecular weight is 312 g/mol. The first-order valence-corrected chi connectivity index (χ1v) is 7.34. The van der Waals surface area contributed by atoms with Gasteiger partial charge in [0.05, 0.1) is 10.6 Å². The lowest BCUT2D eigenvalue weighted by molar-refractivity contribution is -0.384. The summed E-state index contributed by atoms with van der Waals surface area (Å²) in [7, 11) is 1.83. The van der Waals surface area contributed by atoms with Crippen LogP contribution in [0.3, 0.4) is 0 Å². The smallest absolute Gasteiger partial charge is 0.258 e. The lowest BCUT2D eigenvalue weighted by atomic mass is 10.2. The zero-order valence-electron chi connectivity index (χ0n) is 11.7. The molecule has 1 aromatic heterocycles. The summed E-state index contributed by atoms with van der Waals surface area (Å²) in [5, 5.41) is 15.9. The second kappa shape index (κ2) is 5.90. The van der Waals surface area contributed by atoms with Crippen LogP contribution in [-0.2, 0) is 7.05 Å². The maximum atomic E-state index is 10.7. The van der Waals surface area contributed by atoms with Gasteiger partial charge in [0.2, 0.25) is 4.80 Å². The Morgan fingerprint density at radius 1 is 1.14 bits per heavy atom. The lowest BCUT2D eigenvalue weighted by Gasteiger charge is -1.94. The van der Waals surface area contributed by atoms with E-state index in [0.717, 1.165) is 21.1 Å². The largest absolute Gasteiger partial charge is 0.269 e. The molecule has 3 aromatic rings. The quantitative estimate of drug-likeness (QED) is 0.550. The third kappa shape index (κ3) is 2.94. The minimum absolute atomic E-state index is 0.0684. The molecule has 0 aliphatic rings. The van der Waals surface area contributed by atoms with E-state index in [1.165, 1.54) is 23.5 Å². The van der Waals surface area contributed by atoms with Crippen molar-refractivity contribution in [3.8, 4) is 10.6 Å². The minimum atomic E-state index is -0.415. The summed E-state index contributed by atoms with van der Waals surface area (Å²) in [4.78, 5) is 15.6. The van der Waals surface area contributed by atoms with Crippen LogP contribution in [0.5, 0.6) is 0 Å². The van der Waals surface area contributed by atoms with Gasteiger partial charge in [0, 0.05) is 24.7 Å². The third-order valence-electron chi connectivity index (χ3n) is 3.01. The van der Waals surface area contributed by atoms with Gasteiger partial charge in [-0.15, -0.1) is 0 Å². The number of hydrogen-bond donors (Lipinski definition) is 0. The van der Waals surface area contributed by atoms with E-state index in [1.807, 2.05) is 37.4 Å². The monoisotopic (exact) mass is 312 g/mol. The van der Waals surface area contributed by atoms with Gasteiger partial charge in [0.1, 0.15) is 5.01 Å². The molecule has 110 valence electrons. The van der Waals surface area contributed by atoms with E-state index in [4.69, 9.17) is 0 Å². The highest BCUT2D eigenvalue weighted by molar-refractivity contribution is 7.12. The normalized spacial score (nSPS) is 11.6. The molecule has 0 saturated heterocycles. The zero-order chi connectivity index (χ0) is 15.5. The van der Waals surface area contributed by atoms with Gasteiger partial charge < -0.3 is 0 Å². The Hall–Kier alpha value is -2.80. The topological polar surface area (TPSA) is 73.3 Å². The number of nitro benzene ring substituents is 1. The van der Waals surface area contributed by atoms with Crippen LogP contribution in [0.2, 0.25) is 0 Å². The molecule has 2 aromatic carbocycles. The van der Waals surface area contributed by atoms with Crippen molar-refractivity contribution < 1.29 is 4.92 Å². The average Bonchev–Trinajstić information content (AvgIpc) is 2.89. The molecule has 0 N–H and O–H groups in total. The van der Waals surface area contributed by atoms with Crippen molar-refractivity contribution in [2.45, 2.75) is 0 Å². The molecule has 1 heterocycles. The molecule has 0 unspecified atom stereocenters. The predicted octanol–water partition coefficient (Wildman–Crippen LogP) is 3.29. The summed E-state index contributed by atoms with van der Waals surface area (Å²) < 4.78 is 1.70. The number of rotatable bonds is 3. The van der Waals surface area contributed by atoms with Gasteiger partial charge in [-0.1, -0.05) is 29.5 Å². The van der Waals surface area contributed by atoms with E-state index < -0.39 is 4.92 Å². The van der Waals surface area contributed by atoms with Crippen molar-refractivity contribution in [1.29, 1.82) is 0 Å². The van der Waals surface area contributed by atoms with Gasteiger partial charge in [-0.3, -0.25) is 10.1 Å². The summed E-state index contributed by atoms with van der Waals surface area (Å²) in [5.74, 6) is 0. The summed E-state index contributed by atoms with van der Waals surface area (Å²) in [5.41, 5.74) is 1.76. The molecule has 22 heavy (non-hydrogen) atoms. The van der Waals surface area contributed by atoms with Crippen LogP contribution in [0.25, 0.3) is 10.6 Å². The molecule has 0 saturated carbocycles. The first-order chi connectivity index (χ1) is 10.6. The van der Waals surface area contributed by atoms with E-state index in [2.05, 4.69) is 10.1 Å². The molecule has 7 heteroatoms. The molecule has 6 nitrogen and oxygen atoms in total. The standard InChI is InChI=1S/C15H12N4O2S/c1-18-15(16-12-5-3-2-4-6-12)22-14(17-18)11-7-9-13(10-8-11)19(20)21/h2-10H,1H3. The number of benzene rings is 2. The SMILES string of the molecule is Cn1nc(-c2ccc([N+](=O)[O-])cc2)sc1=Nc1ccccc1. The molecule has 0 aliphatic heterocycles. The summed E-state index contributed by atoms with van der Waals surface area (Å²) in [6.45, 7) is 0. The van der Waals surface area contributed by atoms with Crippen LogP contribution in [0.1, 0.15) is 0 Å². The van der Waals surface area contributed by atoms with E-state index in [1.54, 1.807) is 16.8 Å². The van der Waals surface area contributed by atoms with Crippen molar-refractivity contribution in [3.63, 3.8) is 0 Å². The highest BCUT2D eigenvalue weighted by atomic mass is 32.1. The fourth-order valence-corrected chi connectivity index (χ4v) is 2.82. The number of nitro groups is 1.